The van der Waals surface area contributed by atoms with Gasteiger partial charge in [-0.05, 0) is 28.7 Å². The van der Waals surface area contributed by atoms with Crippen LogP contribution in [0, 0.1) is 3.70 Å². The van der Waals surface area contributed by atoms with Gasteiger partial charge in [0, 0.05) is 12.3 Å². The van der Waals surface area contributed by atoms with E-state index in [2.05, 4.69) is 32.7 Å². The van der Waals surface area contributed by atoms with E-state index in [0.717, 1.165) is 9.35 Å². The summed E-state index contributed by atoms with van der Waals surface area (Å²) in [7, 11) is 0. The summed E-state index contributed by atoms with van der Waals surface area (Å²) in [6, 6.07) is 3.79. The fraction of sp³-hybridized carbons (Fsp3) is 0. The highest BCUT2D eigenvalue weighted by atomic mass is 127. The lowest BCUT2D eigenvalue weighted by Crippen LogP contribution is -1.92. The summed E-state index contributed by atoms with van der Waals surface area (Å²) in [5, 5.41) is 4.06. The second-order valence-corrected chi connectivity index (χ2v) is 2.97. The van der Waals surface area contributed by atoms with Crippen LogP contribution in [0.25, 0.3) is 5.65 Å². The summed E-state index contributed by atoms with van der Waals surface area (Å²) in [5.41, 5.74) is 0.895. The molecule has 0 aliphatic carbocycles. The van der Waals surface area contributed by atoms with E-state index in [4.69, 9.17) is 0 Å². The first-order valence-electron chi connectivity index (χ1n) is 2.82. The summed E-state index contributed by atoms with van der Waals surface area (Å²) < 4.78 is 2.87. The molecule has 0 saturated carbocycles. The average molecular weight is 245 g/mol. The van der Waals surface area contributed by atoms with Gasteiger partial charge in [0.05, 0.1) is 6.20 Å². The van der Waals surface area contributed by atoms with Crippen molar-refractivity contribution >= 4 is 28.2 Å². The predicted molar refractivity (Wildman–Crippen MR) is 45.7 cm³/mol. The van der Waals surface area contributed by atoms with Gasteiger partial charge in [0.15, 0.2) is 5.65 Å². The van der Waals surface area contributed by atoms with Gasteiger partial charge in [0.2, 0.25) is 0 Å². The van der Waals surface area contributed by atoms with Crippen LogP contribution in [0.15, 0.2) is 24.5 Å². The lowest BCUT2D eigenvalue weighted by atomic mass is 10.6. The molecular formula is C6H4IN3. The van der Waals surface area contributed by atoms with E-state index in [-0.39, 0.29) is 0 Å². The van der Waals surface area contributed by atoms with Gasteiger partial charge in [-0.15, -0.1) is 0 Å². The van der Waals surface area contributed by atoms with Crippen molar-refractivity contribution < 1.29 is 0 Å². The smallest absolute Gasteiger partial charge is 0.156 e. The molecular weight excluding hydrogens is 241 g/mol. The van der Waals surface area contributed by atoms with Gasteiger partial charge >= 0.3 is 0 Å². The fourth-order valence-corrected chi connectivity index (χ4v) is 1.34. The van der Waals surface area contributed by atoms with E-state index in [1.165, 1.54) is 0 Å². The van der Waals surface area contributed by atoms with Gasteiger partial charge in [-0.3, -0.25) is 0 Å². The minimum Gasteiger partial charge on any atom is -0.237 e. The van der Waals surface area contributed by atoms with E-state index >= 15 is 0 Å². The molecule has 0 spiro atoms. The third kappa shape index (κ3) is 0.792. The van der Waals surface area contributed by atoms with Crippen LogP contribution in [0.2, 0.25) is 0 Å². The summed E-state index contributed by atoms with van der Waals surface area (Å²) in [6.07, 6.45) is 3.52. The number of hydrogen-bond donors (Lipinski definition) is 0. The largest absolute Gasteiger partial charge is 0.237 e. The number of fused-ring (bicyclic) bond motifs is 1. The molecule has 0 bridgehead atoms. The second-order valence-electron chi connectivity index (χ2n) is 1.87. The normalized spacial score (nSPS) is 10.5. The van der Waals surface area contributed by atoms with E-state index < -0.39 is 0 Å². The molecule has 2 aromatic heterocycles. The van der Waals surface area contributed by atoms with E-state index in [0.29, 0.717) is 0 Å². The highest BCUT2D eigenvalue weighted by Crippen LogP contribution is 2.04. The summed E-state index contributed by atoms with van der Waals surface area (Å²) in [4.78, 5) is 4.10. The Morgan fingerprint density at radius 3 is 3.00 bits per heavy atom. The van der Waals surface area contributed by atoms with Crippen molar-refractivity contribution in [3.8, 4) is 0 Å². The van der Waals surface area contributed by atoms with Crippen LogP contribution in [0.4, 0.5) is 0 Å². The van der Waals surface area contributed by atoms with Crippen molar-refractivity contribution in [3.63, 3.8) is 0 Å². The minimum atomic E-state index is 0.895. The van der Waals surface area contributed by atoms with E-state index in [1.54, 1.807) is 16.9 Å². The van der Waals surface area contributed by atoms with Gasteiger partial charge in [0.1, 0.15) is 3.70 Å². The van der Waals surface area contributed by atoms with Gasteiger partial charge in [-0.25, -0.2) is 9.50 Å². The van der Waals surface area contributed by atoms with Crippen LogP contribution < -0.4 is 0 Å². The Kier molecular flexibility index (Phi) is 1.33. The van der Waals surface area contributed by atoms with Crippen LogP contribution in [0.5, 0.6) is 0 Å². The number of aromatic nitrogens is 3. The van der Waals surface area contributed by atoms with E-state index in [9.17, 15) is 0 Å². The molecule has 50 valence electrons. The molecule has 3 nitrogen and oxygen atoms in total. The molecule has 0 N–H and O–H groups in total. The van der Waals surface area contributed by atoms with Crippen LogP contribution in [0.1, 0.15) is 0 Å². The van der Waals surface area contributed by atoms with Crippen LogP contribution in [0.3, 0.4) is 0 Å². The third-order valence-electron chi connectivity index (χ3n) is 1.24. The number of rotatable bonds is 0. The van der Waals surface area contributed by atoms with Crippen molar-refractivity contribution in [1.29, 1.82) is 0 Å². The maximum Gasteiger partial charge on any atom is 0.156 e. The quantitative estimate of drug-likeness (QED) is 0.517. The molecule has 0 aliphatic heterocycles. The molecule has 4 heteroatoms. The Labute approximate surface area is 71.2 Å². The van der Waals surface area contributed by atoms with Crippen molar-refractivity contribution in [2.24, 2.45) is 0 Å². The zero-order valence-corrected chi connectivity index (χ0v) is 7.19. The van der Waals surface area contributed by atoms with Gasteiger partial charge in [-0.2, -0.15) is 5.10 Å². The fourth-order valence-electron chi connectivity index (χ4n) is 0.804. The first-order chi connectivity index (χ1) is 4.88. The highest BCUT2D eigenvalue weighted by molar-refractivity contribution is 14.1. The van der Waals surface area contributed by atoms with Gasteiger partial charge in [-0.1, -0.05) is 0 Å². The van der Waals surface area contributed by atoms with Crippen LogP contribution in [-0.4, -0.2) is 14.6 Å². The molecule has 0 atom stereocenters. The van der Waals surface area contributed by atoms with Crippen molar-refractivity contribution in [3.05, 3.63) is 28.2 Å². The SMILES string of the molecule is Ic1ccnc2ccnn12. The van der Waals surface area contributed by atoms with Crippen LogP contribution in [-0.2, 0) is 0 Å². The summed E-state index contributed by atoms with van der Waals surface area (Å²) in [6.45, 7) is 0. The standard InChI is InChI=1S/C6H4IN3/c7-5-1-3-8-6-2-4-9-10(5)6/h1-4H. The molecule has 0 unspecified atom stereocenters. The van der Waals surface area contributed by atoms with Crippen molar-refractivity contribution in [2.75, 3.05) is 0 Å². The lowest BCUT2D eigenvalue weighted by Gasteiger charge is -1.92. The monoisotopic (exact) mass is 245 g/mol. The van der Waals surface area contributed by atoms with Crippen molar-refractivity contribution in [1.82, 2.24) is 14.6 Å². The van der Waals surface area contributed by atoms with Gasteiger partial charge < -0.3 is 0 Å². The summed E-state index contributed by atoms with van der Waals surface area (Å²) in [5.74, 6) is 0. The number of nitrogens with zero attached hydrogens (tertiary/aromatic N) is 3. The maximum atomic E-state index is 4.10. The topological polar surface area (TPSA) is 30.2 Å². The Balaban J connectivity index is 2.95. The molecule has 0 saturated heterocycles. The molecule has 0 radical (unpaired) electrons. The third-order valence-corrected chi connectivity index (χ3v) is 2.06. The van der Waals surface area contributed by atoms with E-state index in [1.807, 2.05) is 12.1 Å². The molecule has 2 aromatic rings. The number of halogens is 1. The predicted octanol–water partition coefficient (Wildman–Crippen LogP) is 1.33. The first-order valence-corrected chi connectivity index (χ1v) is 3.90. The zero-order valence-electron chi connectivity index (χ0n) is 5.03. The zero-order chi connectivity index (χ0) is 6.97. The highest BCUT2D eigenvalue weighted by Gasteiger charge is 1.95. The number of hydrogen-bond acceptors (Lipinski definition) is 2. The molecule has 0 fully saturated rings. The van der Waals surface area contributed by atoms with Crippen LogP contribution >= 0.6 is 22.6 Å². The Hall–Kier alpha value is -0.650. The minimum absolute atomic E-state index is 0.895. The molecule has 0 amide bonds. The van der Waals surface area contributed by atoms with Gasteiger partial charge in [0.25, 0.3) is 0 Å². The summed E-state index contributed by atoms with van der Waals surface area (Å²) >= 11 is 2.22. The molecule has 0 aliphatic rings. The molecule has 2 rings (SSSR count). The Morgan fingerprint density at radius 1 is 1.30 bits per heavy atom. The van der Waals surface area contributed by atoms with Crippen molar-refractivity contribution in [2.45, 2.75) is 0 Å². The Bertz CT molecular complexity index is 355. The first kappa shape index (κ1) is 6.09. The average Bonchev–Trinajstić information content (AvgIpc) is 2.36. The maximum absolute atomic E-state index is 4.10. The molecule has 2 heterocycles. The molecule has 0 aromatic carbocycles. The second kappa shape index (κ2) is 2.19. The molecule has 10 heavy (non-hydrogen) atoms. The lowest BCUT2D eigenvalue weighted by molar-refractivity contribution is 0.911. The Morgan fingerprint density at radius 2 is 2.20 bits per heavy atom.